The summed E-state index contributed by atoms with van der Waals surface area (Å²) in [7, 11) is 0. The Morgan fingerprint density at radius 1 is 0.967 bits per heavy atom. The lowest BCUT2D eigenvalue weighted by Gasteiger charge is -2.43. The van der Waals surface area contributed by atoms with E-state index in [1.807, 2.05) is 30.3 Å². The standard InChI is InChI=1S/C25H30N2O3/c28-25(30-16-15-29-17-18-7-2-1-3-8-18)27(19-13-14-19)24-20-9-4-5-11-22(20)26-23-12-6-10-21(23)24/h1-5,7-9,11,19,21,23-24,26H,6,10,12-17H2/t21-,23+,24-/m0/s1. The fraction of sp³-hybridized carbons (Fsp3) is 0.480. The number of hydrogen-bond acceptors (Lipinski definition) is 4. The molecule has 30 heavy (non-hydrogen) atoms. The molecule has 5 heteroatoms. The normalized spacial score (nSPS) is 24.5. The number of para-hydroxylation sites is 1. The monoisotopic (exact) mass is 406 g/mol. The van der Waals surface area contributed by atoms with Crippen LogP contribution in [-0.4, -0.2) is 36.3 Å². The summed E-state index contributed by atoms with van der Waals surface area (Å²) in [6, 6.07) is 19.4. The summed E-state index contributed by atoms with van der Waals surface area (Å²) >= 11 is 0. The van der Waals surface area contributed by atoms with Crippen LogP contribution in [0.25, 0.3) is 0 Å². The molecule has 2 aromatic carbocycles. The first kappa shape index (κ1) is 19.4. The van der Waals surface area contributed by atoms with E-state index >= 15 is 0 Å². The van der Waals surface area contributed by atoms with E-state index in [0.717, 1.165) is 24.8 Å². The van der Waals surface area contributed by atoms with Gasteiger partial charge in [-0.2, -0.15) is 0 Å². The summed E-state index contributed by atoms with van der Waals surface area (Å²) in [6.07, 6.45) is 5.51. The average Bonchev–Trinajstić information content (AvgIpc) is 3.50. The van der Waals surface area contributed by atoms with Crippen molar-refractivity contribution < 1.29 is 14.3 Å². The SMILES string of the molecule is O=C(OCCOCc1ccccc1)N(C1CC1)[C@H]1c2ccccc2N[C@@H]2CCC[C@@H]21. The van der Waals surface area contributed by atoms with Gasteiger partial charge in [0.15, 0.2) is 0 Å². The van der Waals surface area contributed by atoms with E-state index < -0.39 is 0 Å². The molecule has 1 aliphatic heterocycles. The van der Waals surface area contributed by atoms with Crippen molar-refractivity contribution in [3.63, 3.8) is 0 Å². The van der Waals surface area contributed by atoms with Gasteiger partial charge in [0.25, 0.3) is 0 Å². The minimum atomic E-state index is -0.187. The summed E-state index contributed by atoms with van der Waals surface area (Å²) in [4.78, 5) is 15.2. The zero-order valence-corrected chi connectivity index (χ0v) is 17.3. The largest absolute Gasteiger partial charge is 0.447 e. The molecule has 0 bridgehead atoms. The van der Waals surface area contributed by atoms with E-state index in [1.165, 1.54) is 24.1 Å². The van der Waals surface area contributed by atoms with Gasteiger partial charge < -0.3 is 14.8 Å². The van der Waals surface area contributed by atoms with E-state index in [1.54, 1.807) is 0 Å². The van der Waals surface area contributed by atoms with Crippen molar-refractivity contribution in [2.24, 2.45) is 5.92 Å². The van der Waals surface area contributed by atoms with Gasteiger partial charge in [-0.05, 0) is 42.9 Å². The Bertz CT molecular complexity index is 868. The number of anilines is 1. The van der Waals surface area contributed by atoms with Gasteiger partial charge in [-0.25, -0.2) is 4.79 Å². The zero-order chi connectivity index (χ0) is 20.3. The minimum absolute atomic E-state index is 0.111. The quantitative estimate of drug-likeness (QED) is 0.647. The van der Waals surface area contributed by atoms with Crippen molar-refractivity contribution in [1.82, 2.24) is 4.90 Å². The number of ether oxygens (including phenoxy) is 2. The zero-order valence-electron chi connectivity index (χ0n) is 17.3. The van der Waals surface area contributed by atoms with Crippen LogP contribution in [0.3, 0.4) is 0 Å². The molecule has 0 spiro atoms. The predicted molar refractivity (Wildman–Crippen MR) is 116 cm³/mol. The van der Waals surface area contributed by atoms with Crippen LogP contribution >= 0.6 is 0 Å². The first-order valence-electron chi connectivity index (χ1n) is 11.2. The lowest BCUT2D eigenvalue weighted by Crippen LogP contribution is -2.46. The molecule has 0 aromatic heterocycles. The number of rotatable bonds is 7. The van der Waals surface area contributed by atoms with E-state index in [4.69, 9.17) is 9.47 Å². The van der Waals surface area contributed by atoms with Gasteiger partial charge in [0.2, 0.25) is 0 Å². The van der Waals surface area contributed by atoms with Crippen molar-refractivity contribution in [3.8, 4) is 0 Å². The van der Waals surface area contributed by atoms with Crippen LogP contribution in [0, 0.1) is 5.92 Å². The van der Waals surface area contributed by atoms with Gasteiger partial charge in [0.05, 0.1) is 19.3 Å². The molecule has 0 radical (unpaired) electrons. The number of fused-ring (bicyclic) bond motifs is 2. The highest BCUT2D eigenvalue weighted by molar-refractivity contribution is 5.71. The third-order valence-corrected chi connectivity index (χ3v) is 6.61. The fourth-order valence-electron chi connectivity index (χ4n) is 5.09. The Labute approximate surface area is 178 Å². The number of carbonyl (C=O) groups is 1. The maximum Gasteiger partial charge on any atom is 0.410 e. The number of amides is 1. The summed E-state index contributed by atoms with van der Waals surface area (Å²) in [5.41, 5.74) is 3.54. The van der Waals surface area contributed by atoms with Crippen molar-refractivity contribution in [1.29, 1.82) is 0 Å². The second-order valence-corrected chi connectivity index (χ2v) is 8.67. The highest BCUT2D eigenvalue weighted by Gasteiger charge is 2.48. The van der Waals surface area contributed by atoms with E-state index in [9.17, 15) is 4.79 Å². The van der Waals surface area contributed by atoms with E-state index in [0.29, 0.717) is 31.2 Å². The molecule has 3 atom stereocenters. The molecule has 5 nitrogen and oxygen atoms in total. The molecule has 1 heterocycles. The van der Waals surface area contributed by atoms with Gasteiger partial charge in [-0.1, -0.05) is 55.0 Å². The molecule has 1 amide bonds. The first-order chi connectivity index (χ1) is 14.8. The maximum atomic E-state index is 13.2. The van der Waals surface area contributed by atoms with Gasteiger partial charge in [-0.3, -0.25) is 4.90 Å². The molecular formula is C25H30N2O3. The minimum Gasteiger partial charge on any atom is -0.447 e. The Hall–Kier alpha value is -2.53. The van der Waals surface area contributed by atoms with Crippen molar-refractivity contribution in [2.45, 2.75) is 56.8 Å². The Morgan fingerprint density at radius 2 is 1.77 bits per heavy atom. The third kappa shape index (κ3) is 4.04. The summed E-state index contributed by atoms with van der Waals surface area (Å²) < 4.78 is 11.4. The Balaban J connectivity index is 1.24. The molecule has 2 aromatic rings. The second kappa shape index (κ2) is 8.68. The molecule has 158 valence electrons. The number of nitrogens with zero attached hydrogens (tertiary/aromatic N) is 1. The molecular weight excluding hydrogens is 376 g/mol. The van der Waals surface area contributed by atoms with Gasteiger partial charge in [0.1, 0.15) is 6.61 Å². The van der Waals surface area contributed by atoms with E-state index in [-0.39, 0.29) is 18.7 Å². The highest BCUT2D eigenvalue weighted by Crippen LogP contribution is 2.50. The molecule has 2 fully saturated rings. The Morgan fingerprint density at radius 3 is 2.60 bits per heavy atom. The van der Waals surface area contributed by atoms with Gasteiger partial charge in [0, 0.05) is 23.7 Å². The van der Waals surface area contributed by atoms with E-state index in [2.05, 4.69) is 34.5 Å². The number of hydrogen-bond donors (Lipinski definition) is 1. The molecule has 5 rings (SSSR count). The summed E-state index contributed by atoms with van der Waals surface area (Å²) in [6.45, 7) is 1.24. The van der Waals surface area contributed by atoms with Crippen LogP contribution in [-0.2, 0) is 16.1 Å². The smallest absolute Gasteiger partial charge is 0.410 e. The van der Waals surface area contributed by atoms with Crippen LogP contribution in [0.5, 0.6) is 0 Å². The van der Waals surface area contributed by atoms with Crippen LogP contribution in [0.1, 0.15) is 49.3 Å². The highest BCUT2D eigenvalue weighted by atomic mass is 16.6. The lowest BCUT2D eigenvalue weighted by atomic mass is 9.83. The predicted octanol–water partition coefficient (Wildman–Crippen LogP) is 5.14. The maximum absolute atomic E-state index is 13.2. The van der Waals surface area contributed by atoms with Gasteiger partial charge in [-0.15, -0.1) is 0 Å². The second-order valence-electron chi connectivity index (χ2n) is 8.67. The van der Waals surface area contributed by atoms with Crippen molar-refractivity contribution >= 4 is 11.8 Å². The molecule has 2 aliphatic carbocycles. The molecule has 2 saturated carbocycles. The third-order valence-electron chi connectivity index (χ3n) is 6.61. The van der Waals surface area contributed by atoms with Crippen molar-refractivity contribution in [3.05, 3.63) is 65.7 Å². The molecule has 1 N–H and O–H groups in total. The number of carbonyl (C=O) groups excluding carboxylic acids is 1. The fourth-order valence-corrected chi connectivity index (χ4v) is 5.09. The summed E-state index contributed by atoms with van der Waals surface area (Å²) in [5, 5.41) is 3.72. The van der Waals surface area contributed by atoms with Crippen LogP contribution < -0.4 is 5.32 Å². The number of benzene rings is 2. The van der Waals surface area contributed by atoms with Crippen molar-refractivity contribution in [2.75, 3.05) is 18.5 Å². The van der Waals surface area contributed by atoms with Crippen LogP contribution in [0.2, 0.25) is 0 Å². The Kier molecular flexibility index (Phi) is 5.63. The number of nitrogens with one attached hydrogen (secondary N) is 1. The van der Waals surface area contributed by atoms with Crippen LogP contribution in [0.15, 0.2) is 54.6 Å². The first-order valence-corrected chi connectivity index (χ1v) is 11.2. The van der Waals surface area contributed by atoms with Gasteiger partial charge >= 0.3 is 6.09 Å². The molecule has 3 aliphatic rings. The van der Waals surface area contributed by atoms with Crippen LogP contribution in [0.4, 0.5) is 10.5 Å². The average molecular weight is 407 g/mol. The molecule has 0 saturated heterocycles. The lowest BCUT2D eigenvalue weighted by molar-refractivity contribution is 0.0324. The topological polar surface area (TPSA) is 50.8 Å². The molecule has 0 unspecified atom stereocenters. The summed E-state index contributed by atoms with van der Waals surface area (Å²) in [5.74, 6) is 0.461.